The maximum absolute atomic E-state index is 12.7. The number of aryl methyl sites for hydroxylation is 1. The van der Waals surface area contributed by atoms with Gasteiger partial charge < -0.3 is 10.3 Å². The SMILES string of the molecule is CC(CNCCCc1c[nH]c2ccccc12)NS(=O)(=O)c1ccc2cnccc2c1.Cl.Cl. The number of H-pyrrole nitrogens is 1. The Balaban J connectivity index is 0.00000181. The van der Waals surface area contributed by atoms with Crippen LogP contribution in [-0.2, 0) is 16.4 Å². The Hall–Kier alpha value is -2.16. The number of hydrogen-bond donors (Lipinski definition) is 3. The lowest BCUT2D eigenvalue weighted by atomic mass is 10.1. The maximum atomic E-state index is 12.7. The molecule has 0 saturated carbocycles. The minimum absolute atomic E-state index is 0. The summed E-state index contributed by atoms with van der Waals surface area (Å²) in [7, 11) is -3.57. The standard InChI is InChI=1S/C23H26N4O2S.2ClH/c1-17(14-24-11-4-5-20-16-26-23-7-3-2-6-22(20)23)27-30(28,29)21-9-8-19-15-25-12-10-18(19)13-21;;/h2-3,6-10,12-13,15-17,24,26-27H,4-5,11,14H2,1H3;2*1H. The van der Waals surface area contributed by atoms with Crippen LogP contribution in [0.1, 0.15) is 18.9 Å². The summed E-state index contributed by atoms with van der Waals surface area (Å²) >= 11 is 0. The monoisotopic (exact) mass is 494 g/mol. The van der Waals surface area contributed by atoms with E-state index in [9.17, 15) is 8.42 Å². The molecule has 2 aromatic heterocycles. The number of pyridine rings is 1. The van der Waals surface area contributed by atoms with Crippen LogP contribution in [0.5, 0.6) is 0 Å². The Morgan fingerprint density at radius 1 is 1.06 bits per heavy atom. The van der Waals surface area contributed by atoms with Crippen molar-refractivity contribution in [2.24, 2.45) is 0 Å². The molecule has 9 heteroatoms. The minimum Gasteiger partial charge on any atom is -0.361 e. The molecule has 32 heavy (non-hydrogen) atoms. The molecule has 1 unspecified atom stereocenters. The molecule has 0 saturated heterocycles. The summed E-state index contributed by atoms with van der Waals surface area (Å²) in [6.07, 6.45) is 7.42. The van der Waals surface area contributed by atoms with E-state index >= 15 is 0 Å². The topological polar surface area (TPSA) is 86.9 Å². The van der Waals surface area contributed by atoms with Crippen LogP contribution in [0.2, 0.25) is 0 Å². The summed E-state index contributed by atoms with van der Waals surface area (Å²) in [6.45, 7) is 3.27. The van der Waals surface area contributed by atoms with Gasteiger partial charge in [0.15, 0.2) is 0 Å². The van der Waals surface area contributed by atoms with Crippen LogP contribution >= 0.6 is 24.8 Å². The molecule has 2 aromatic carbocycles. The predicted octanol–water partition coefficient (Wildman–Crippen LogP) is 4.45. The molecule has 0 aliphatic rings. The molecule has 172 valence electrons. The highest BCUT2D eigenvalue weighted by atomic mass is 35.5. The van der Waals surface area contributed by atoms with Gasteiger partial charge in [-0.1, -0.05) is 24.3 Å². The van der Waals surface area contributed by atoms with Gasteiger partial charge in [0.05, 0.1) is 4.90 Å². The average molecular weight is 495 g/mol. The quantitative estimate of drug-likeness (QED) is 0.300. The van der Waals surface area contributed by atoms with E-state index in [-0.39, 0.29) is 35.8 Å². The first-order chi connectivity index (χ1) is 14.5. The molecule has 0 aliphatic carbocycles. The minimum atomic E-state index is -3.57. The number of rotatable bonds is 9. The van der Waals surface area contributed by atoms with E-state index in [1.54, 1.807) is 30.6 Å². The maximum Gasteiger partial charge on any atom is 0.240 e. The molecular formula is C23H28Cl2N4O2S. The van der Waals surface area contributed by atoms with Gasteiger partial charge in [0, 0.05) is 47.5 Å². The van der Waals surface area contributed by atoms with E-state index in [0.717, 1.165) is 35.7 Å². The summed E-state index contributed by atoms with van der Waals surface area (Å²) in [5, 5.41) is 6.40. The number of halogens is 2. The highest BCUT2D eigenvalue weighted by Gasteiger charge is 2.17. The van der Waals surface area contributed by atoms with E-state index in [0.29, 0.717) is 6.54 Å². The van der Waals surface area contributed by atoms with Gasteiger partial charge >= 0.3 is 0 Å². The van der Waals surface area contributed by atoms with Crippen LogP contribution in [0.25, 0.3) is 21.7 Å². The molecule has 0 amide bonds. The summed E-state index contributed by atoms with van der Waals surface area (Å²) in [5.41, 5.74) is 2.47. The average Bonchev–Trinajstić information content (AvgIpc) is 3.16. The summed E-state index contributed by atoms with van der Waals surface area (Å²) < 4.78 is 28.1. The van der Waals surface area contributed by atoms with Gasteiger partial charge in [-0.3, -0.25) is 4.98 Å². The lowest BCUT2D eigenvalue weighted by Gasteiger charge is -2.15. The summed E-state index contributed by atoms with van der Waals surface area (Å²) in [4.78, 5) is 7.63. The molecule has 0 spiro atoms. The second-order valence-corrected chi connectivity index (χ2v) is 9.29. The van der Waals surface area contributed by atoms with Crippen molar-refractivity contribution in [2.45, 2.75) is 30.7 Å². The van der Waals surface area contributed by atoms with E-state index in [1.807, 2.05) is 19.1 Å². The number of aromatic amines is 1. The zero-order valence-corrected chi connectivity index (χ0v) is 20.2. The van der Waals surface area contributed by atoms with Crippen LogP contribution in [-0.4, -0.2) is 37.5 Å². The number of nitrogens with one attached hydrogen (secondary N) is 3. The van der Waals surface area contributed by atoms with Gasteiger partial charge in [0.2, 0.25) is 10.0 Å². The van der Waals surface area contributed by atoms with Crippen molar-refractivity contribution in [2.75, 3.05) is 13.1 Å². The predicted molar refractivity (Wildman–Crippen MR) is 136 cm³/mol. The van der Waals surface area contributed by atoms with Crippen molar-refractivity contribution in [3.8, 4) is 0 Å². The Labute approximate surface area is 201 Å². The molecule has 2 heterocycles. The third-order valence-electron chi connectivity index (χ3n) is 5.20. The highest BCUT2D eigenvalue weighted by Crippen LogP contribution is 2.19. The lowest BCUT2D eigenvalue weighted by molar-refractivity contribution is 0.532. The summed E-state index contributed by atoms with van der Waals surface area (Å²) in [6, 6.07) is 15.0. The van der Waals surface area contributed by atoms with Gasteiger partial charge in [-0.15, -0.1) is 24.8 Å². The van der Waals surface area contributed by atoms with Gasteiger partial charge in [-0.25, -0.2) is 13.1 Å². The number of para-hydroxylation sites is 1. The van der Waals surface area contributed by atoms with Crippen molar-refractivity contribution in [3.05, 3.63) is 72.7 Å². The Morgan fingerprint density at radius 2 is 1.88 bits per heavy atom. The fraction of sp³-hybridized carbons (Fsp3) is 0.261. The number of hydrogen-bond acceptors (Lipinski definition) is 4. The van der Waals surface area contributed by atoms with Crippen molar-refractivity contribution in [1.82, 2.24) is 20.0 Å². The largest absolute Gasteiger partial charge is 0.361 e. The van der Waals surface area contributed by atoms with Crippen molar-refractivity contribution in [1.29, 1.82) is 0 Å². The number of nitrogens with zero attached hydrogens (tertiary/aromatic N) is 1. The molecule has 0 bridgehead atoms. The fourth-order valence-corrected chi connectivity index (χ4v) is 4.94. The Morgan fingerprint density at radius 3 is 2.72 bits per heavy atom. The molecule has 0 radical (unpaired) electrons. The third kappa shape index (κ3) is 6.21. The highest BCUT2D eigenvalue weighted by molar-refractivity contribution is 7.89. The molecule has 1 atom stereocenters. The lowest BCUT2D eigenvalue weighted by Crippen LogP contribution is -2.40. The Bertz CT molecular complexity index is 1260. The normalized spacial score (nSPS) is 12.3. The number of aromatic nitrogens is 2. The van der Waals surface area contributed by atoms with Crippen LogP contribution < -0.4 is 10.0 Å². The second-order valence-electron chi connectivity index (χ2n) is 7.57. The first-order valence-electron chi connectivity index (χ1n) is 10.1. The van der Waals surface area contributed by atoms with Gasteiger partial charge in [0.1, 0.15) is 0 Å². The molecule has 0 fully saturated rings. The van der Waals surface area contributed by atoms with Gasteiger partial charge in [-0.05, 0) is 61.5 Å². The second kappa shape index (κ2) is 11.6. The molecular weight excluding hydrogens is 467 g/mol. The van der Waals surface area contributed by atoms with Crippen molar-refractivity contribution < 1.29 is 8.42 Å². The fourth-order valence-electron chi connectivity index (χ4n) is 3.66. The van der Waals surface area contributed by atoms with E-state index in [4.69, 9.17) is 0 Å². The molecule has 4 rings (SSSR count). The molecule has 6 nitrogen and oxygen atoms in total. The van der Waals surface area contributed by atoms with Gasteiger partial charge in [-0.2, -0.15) is 0 Å². The number of benzene rings is 2. The summed E-state index contributed by atoms with van der Waals surface area (Å²) in [5.74, 6) is 0. The zero-order valence-electron chi connectivity index (χ0n) is 17.7. The van der Waals surface area contributed by atoms with Crippen molar-refractivity contribution in [3.63, 3.8) is 0 Å². The van der Waals surface area contributed by atoms with Gasteiger partial charge in [0.25, 0.3) is 0 Å². The van der Waals surface area contributed by atoms with Crippen LogP contribution in [0.3, 0.4) is 0 Å². The van der Waals surface area contributed by atoms with Crippen LogP contribution in [0.15, 0.2) is 72.0 Å². The first kappa shape index (κ1) is 26.1. The molecule has 4 aromatic rings. The van der Waals surface area contributed by atoms with E-state index < -0.39 is 10.0 Å². The Kier molecular flexibility index (Phi) is 9.48. The smallest absolute Gasteiger partial charge is 0.240 e. The molecule has 0 aliphatic heterocycles. The number of fused-ring (bicyclic) bond motifs is 2. The number of sulfonamides is 1. The zero-order chi connectivity index (χ0) is 21.0. The van der Waals surface area contributed by atoms with Crippen molar-refractivity contribution >= 4 is 56.5 Å². The van der Waals surface area contributed by atoms with Crippen LogP contribution in [0, 0.1) is 0 Å². The van der Waals surface area contributed by atoms with Crippen LogP contribution in [0.4, 0.5) is 0 Å². The third-order valence-corrected chi connectivity index (χ3v) is 6.79. The first-order valence-corrected chi connectivity index (χ1v) is 11.6. The van der Waals surface area contributed by atoms with E-state index in [1.165, 1.54) is 10.9 Å². The molecule has 3 N–H and O–H groups in total. The van der Waals surface area contributed by atoms with E-state index in [2.05, 4.69) is 44.4 Å².